The van der Waals surface area contributed by atoms with E-state index in [4.69, 9.17) is 33.3 Å². The average molecular weight is 558 g/mol. The van der Waals surface area contributed by atoms with Crippen LogP contribution in [0.3, 0.4) is 0 Å². The fourth-order valence-electron chi connectivity index (χ4n) is 4.36. The topological polar surface area (TPSA) is 38.8 Å². The Labute approximate surface area is 236 Å². The van der Waals surface area contributed by atoms with E-state index in [0.29, 0.717) is 38.8 Å². The van der Waals surface area contributed by atoms with Gasteiger partial charge in [-0.15, -0.1) is 6.58 Å². The number of methoxy groups -OCH3 is 1. The number of hydrogen-bond acceptors (Lipinski definition) is 5. The Morgan fingerprint density at radius 1 is 1.05 bits per heavy atom. The number of rotatable bonds is 8. The van der Waals surface area contributed by atoms with Gasteiger partial charge in [-0.3, -0.25) is 9.69 Å². The van der Waals surface area contributed by atoms with Gasteiger partial charge in [0.1, 0.15) is 6.61 Å². The van der Waals surface area contributed by atoms with Gasteiger partial charge < -0.3 is 9.47 Å². The molecule has 1 amide bonds. The first-order valence-electron chi connectivity index (χ1n) is 11.9. The van der Waals surface area contributed by atoms with Gasteiger partial charge in [0.15, 0.2) is 15.8 Å². The second-order valence-electron chi connectivity index (χ2n) is 8.63. The van der Waals surface area contributed by atoms with Gasteiger partial charge in [-0.1, -0.05) is 90.2 Å². The van der Waals surface area contributed by atoms with Crippen LogP contribution in [-0.4, -0.2) is 17.3 Å². The van der Waals surface area contributed by atoms with E-state index in [0.717, 1.165) is 33.2 Å². The van der Waals surface area contributed by atoms with Gasteiger partial charge in [-0.2, -0.15) is 0 Å². The number of halogens is 1. The number of thiocarbonyl (C=S) groups is 1. The van der Waals surface area contributed by atoms with Gasteiger partial charge in [0, 0.05) is 16.0 Å². The molecule has 5 rings (SSSR count). The first-order valence-corrected chi connectivity index (χ1v) is 13.5. The molecule has 1 aliphatic heterocycles. The molecule has 0 N–H and O–H groups in total. The maximum Gasteiger partial charge on any atom is 0.270 e. The zero-order valence-electron chi connectivity index (χ0n) is 20.6. The highest BCUT2D eigenvalue weighted by molar-refractivity contribution is 8.27. The van der Waals surface area contributed by atoms with Crippen LogP contribution in [0.25, 0.3) is 16.8 Å². The van der Waals surface area contributed by atoms with Crippen molar-refractivity contribution in [3.8, 4) is 11.5 Å². The number of amides is 1. The maximum absolute atomic E-state index is 13.5. The highest BCUT2D eigenvalue weighted by Gasteiger charge is 2.34. The van der Waals surface area contributed by atoms with Crippen LogP contribution in [0.15, 0.2) is 96.4 Å². The minimum absolute atomic E-state index is 0.149. The van der Waals surface area contributed by atoms with Crippen molar-refractivity contribution in [3.05, 3.63) is 118 Å². The number of ether oxygens (including phenoxy) is 2. The molecule has 1 heterocycles. The average Bonchev–Trinajstić information content (AvgIpc) is 3.20. The Morgan fingerprint density at radius 3 is 2.58 bits per heavy atom. The van der Waals surface area contributed by atoms with Crippen molar-refractivity contribution < 1.29 is 14.3 Å². The van der Waals surface area contributed by atoms with Crippen LogP contribution in [0.2, 0.25) is 5.02 Å². The van der Waals surface area contributed by atoms with Gasteiger partial charge in [-0.25, -0.2) is 0 Å². The number of hydrogen-bond donors (Lipinski definition) is 0. The van der Waals surface area contributed by atoms with Gasteiger partial charge >= 0.3 is 0 Å². The summed E-state index contributed by atoms with van der Waals surface area (Å²) in [6, 6.07) is 25.2. The molecule has 7 heteroatoms. The van der Waals surface area contributed by atoms with Gasteiger partial charge in [0.05, 0.1) is 17.7 Å². The molecular formula is C31H24ClNO3S2. The molecule has 0 atom stereocenters. The third-order valence-corrected chi connectivity index (χ3v) is 7.69. The number of nitrogens with zero attached hydrogens (tertiary/aromatic N) is 1. The number of carbonyl (C=O) groups excluding carboxylic acids is 1. The van der Waals surface area contributed by atoms with Crippen molar-refractivity contribution >= 4 is 68.3 Å². The predicted octanol–water partition coefficient (Wildman–Crippen LogP) is 8.22. The highest BCUT2D eigenvalue weighted by atomic mass is 35.5. The third-order valence-electron chi connectivity index (χ3n) is 6.13. The lowest BCUT2D eigenvalue weighted by atomic mass is 10.0. The zero-order chi connectivity index (χ0) is 26.6. The summed E-state index contributed by atoms with van der Waals surface area (Å²) in [5, 5.41) is 2.70. The molecule has 1 saturated heterocycles. The fourth-order valence-corrected chi connectivity index (χ4v) is 5.77. The fraction of sp³-hybridized carbons (Fsp3) is 0.0968. The zero-order valence-corrected chi connectivity index (χ0v) is 23.0. The van der Waals surface area contributed by atoms with Gasteiger partial charge in [0.25, 0.3) is 5.91 Å². The molecular weight excluding hydrogens is 534 g/mol. The van der Waals surface area contributed by atoms with Crippen LogP contribution in [-0.2, 0) is 17.8 Å². The number of thioether (sulfide) groups is 1. The normalized spacial score (nSPS) is 14.4. The van der Waals surface area contributed by atoms with Crippen LogP contribution < -0.4 is 14.4 Å². The second kappa shape index (κ2) is 11.4. The van der Waals surface area contributed by atoms with Crippen LogP contribution in [0.4, 0.5) is 5.69 Å². The lowest BCUT2D eigenvalue weighted by Crippen LogP contribution is -2.27. The summed E-state index contributed by atoms with van der Waals surface area (Å²) in [5.74, 6) is 1.07. The van der Waals surface area contributed by atoms with E-state index in [1.807, 2.05) is 91.0 Å². The van der Waals surface area contributed by atoms with E-state index >= 15 is 0 Å². The number of fused-ring (bicyclic) bond motifs is 1. The number of carbonyl (C=O) groups is 1. The standard InChI is InChI=1S/C31H24ClNO3S2/c1-3-7-23-16-21(17-27(35-2)29(23)36-19-20-12-14-24(32)15-13-20)18-28-30(34)33(31(37)38-28)26-11-6-9-22-8-4-5-10-25(22)26/h3-6,8-18H,1,7,19H2,2H3/b28-18+. The molecule has 1 aliphatic rings. The van der Waals surface area contributed by atoms with Crippen molar-refractivity contribution in [3.63, 3.8) is 0 Å². The maximum atomic E-state index is 13.5. The Morgan fingerprint density at radius 2 is 1.82 bits per heavy atom. The van der Waals surface area contributed by atoms with E-state index in [9.17, 15) is 4.79 Å². The smallest absolute Gasteiger partial charge is 0.270 e. The minimum atomic E-state index is -0.149. The Bertz CT molecular complexity index is 1580. The van der Waals surface area contributed by atoms with E-state index in [1.54, 1.807) is 12.0 Å². The largest absolute Gasteiger partial charge is 0.493 e. The lowest BCUT2D eigenvalue weighted by molar-refractivity contribution is -0.113. The summed E-state index contributed by atoms with van der Waals surface area (Å²) in [7, 11) is 1.60. The molecule has 4 nitrogen and oxygen atoms in total. The molecule has 4 aromatic rings. The quantitative estimate of drug-likeness (QED) is 0.124. The summed E-state index contributed by atoms with van der Waals surface area (Å²) in [6.07, 6.45) is 4.24. The molecule has 1 fully saturated rings. The summed E-state index contributed by atoms with van der Waals surface area (Å²) in [6.45, 7) is 4.26. The highest BCUT2D eigenvalue weighted by Crippen LogP contribution is 2.40. The summed E-state index contributed by atoms with van der Waals surface area (Å²) in [5.41, 5.74) is 3.49. The Kier molecular flexibility index (Phi) is 7.84. The lowest BCUT2D eigenvalue weighted by Gasteiger charge is -2.17. The van der Waals surface area contributed by atoms with Gasteiger partial charge in [0.2, 0.25) is 0 Å². The first-order chi connectivity index (χ1) is 18.5. The molecule has 190 valence electrons. The van der Waals surface area contributed by atoms with E-state index in [1.165, 1.54) is 11.8 Å². The monoisotopic (exact) mass is 557 g/mol. The minimum Gasteiger partial charge on any atom is -0.493 e. The van der Waals surface area contributed by atoms with E-state index < -0.39 is 0 Å². The van der Waals surface area contributed by atoms with E-state index in [-0.39, 0.29) is 5.91 Å². The van der Waals surface area contributed by atoms with Gasteiger partial charge in [-0.05, 0) is 59.3 Å². The van der Waals surface area contributed by atoms with Crippen LogP contribution in [0.1, 0.15) is 16.7 Å². The molecule has 0 unspecified atom stereocenters. The third kappa shape index (κ3) is 5.34. The van der Waals surface area contributed by atoms with Crippen LogP contribution in [0.5, 0.6) is 11.5 Å². The van der Waals surface area contributed by atoms with Crippen LogP contribution >= 0.6 is 35.6 Å². The molecule has 0 aliphatic carbocycles. The molecule has 0 radical (unpaired) electrons. The van der Waals surface area contributed by atoms with Crippen molar-refractivity contribution in [2.75, 3.05) is 12.0 Å². The van der Waals surface area contributed by atoms with Crippen molar-refractivity contribution in [1.29, 1.82) is 0 Å². The number of benzene rings is 4. The number of anilines is 1. The molecule has 0 bridgehead atoms. The van der Waals surface area contributed by atoms with Crippen LogP contribution in [0, 0.1) is 0 Å². The first kappa shape index (κ1) is 26.0. The van der Waals surface area contributed by atoms with Crippen molar-refractivity contribution in [2.45, 2.75) is 13.0 Å². The van der Waals surface area contributed by atoms with Crippen molar-refractivity contribution in [1.82, 2.24) is 0 Å². The van der Waals surface area contributed by atoms with E-state index in [2.05, 4.69) is 6.58 Å². The predicted molar refractivity (Wildman–Crippen MR) is 162 cm³/mol. The SMILES string of the molecule is C=CCc1cc(/C=C2/SC(=S)N(c3cccc4ccccc34)C2=O)cc(OC)c1OCc1ccc(Cl)cc1. The summed E-state index contributed by atoms with van der Waals surface area (Å²) in [4.78, 5) is 15.7. The summed E-state index contributed by atoms with van der Waals surface area (Å²) < 4.78 is 12.4. The molecule has 0 aromatic heterocycles. The molecule has 4 aromatic carbocycles. The Hall–Kier alpha value is -3.58. The van der Waals surface area contributed by atoms with Crippen molar-refractivity contribution in [2.24, 2.45) is 0 Å². The Balaban J connectivity index is 1.46. The number of allylic oxidation sites excluding steroid dienone is 1. The molecule has 0 spiro atoms. The summed E-state index contributed by atoms with van der Waals surface area (Å²) >= 11 is 12.9. The molecule has 0 saturated carbocycles. The molecule has 38 heavy (non-hydrogen) atoms. The second-order valence-corrected chi connectivity index (χ2v) is 10.7.